The van der Waals surface area contributed by atoms with Crippen LogP contribution in [0.1, 0.15) is 12.5 Å². The summed E-state index contributed by atoms with van der Waals surface area (Å²) in [5.41, 5.74) is 1.05. The molecule has 1 aromatic rings. The maximum Gasteiger partial charge on any atom is 0.263 e. The van der Waals surface area contributed by atoms with Crippen molar-refractivity contribution in [3.63, 3.8) is 0 Å². The van der Waals surface area contributed by atoms with Crippen LogP contribution in [0.25, 0.3) is 6.08 Å². The summed E-state index contributed by atoms with van der Waals surface area (Å²) in [7, 11) is 0. The van der Waals surface area contributed by atoms with Crippen molar-refractivity contribution in [3.8, 4) is 5.75 Å². The number of rotatable bonds is 4. The molecule has 0 radical (unpaired) electrons. The summed E-state index contributed by atoms with van der Waals surface area (Å²) < 4.78 is 5.87. The number of amides is 1. The third-order valence-corrected chi connectivity index (χ3v) is 3.55. The van der Waals surface area contributed by atoms with Crippen molar-refractivity contribution in [2.45, 2.75) is 6.92 Å². The fourth-order valence-corrected chi connectivity index (χ4v) is 2.52. The molecule has 5 heteroatoms. The zero-order valence-electron chi connectivity index (χ0n) is 10.4. The number of carbonyl (C=O) groups is 1. The molecule has 1 heterocycles. The van der Waals surface area contributed by atoms with Gasteiger partial charge in [0.2, 0.25) is 0 Å². The van der Waals surface area contributed by atoms with E-state index in [2.05, 4.69) is 5.32 Å². The summed E-state index contributed by atoms with van der Waals surface area (Å²) in [6.45, 7) is 2.61. The Hall–Kier alpha value is -1.59. The van der Waals surface area contributed by atoms with Gasteiger partial charge in [-0.15, -0.1) is 0 Å². The van der Waals surface area contributed by atoms with E-state index in [1.165, 1.54) is 11.8 Å². The van der Waals surface area contributed by atoms with Gasteiger partial charge >= 0.3 is 0 Å². The molecule has 0 saturated carbocycles. The van der Waals surface area contributed by atoms with E-state index in [1.807, 2.05) is 43.3 Å². The Bertz CT molecular complexity index is 547. The lowest BCUT2D eigenvalue weighted by Crippen LogP contribution is -2.17. The van der Waals surface area contributed by atoms with Gasteiger partial charge in [0.15, 0.2) is 0 Å². The van der Waals surface area contributed by atoms with Gasteiger partial charge in [-0.1, -0.05) is 48.3 Å². The van der Waals surface area contributed by atoms with Crippen LogP contribution >= 0.6 is 24.0 Å². The number of nitrogens with one attached hydrogen (secondary N) is 1. The molecule has 98 valence electrons. The van der Waals surface area contributed by atoms with Crippen molar-refractivity contribution in [1.29, 1.82) is 0 Å². The number of thioether (sulfide) groups is 1. The van der Waals surface area contributed by atoms with E-state index in [0.29, 0.717) is 15.8 Å². The molecule has 3 nitrogen and oxygen atoms in total. The van der Waals surface area contributed by atoms with Crippen molar-refractivity contribution in [1.82, 2.24) is 5.32 Å². The van der Waals surface area contributed by atoms with Gasteiger partial charge in [-0.2, -0.15) is 0 Å². The van der Waals surface area contributed by atoms with E-state index in [0.717, 1.165) is 11.3 Å². The first kappa shape index (κ1) is 13.8. The topological polar surface area (TPSA) is 38.3 Å². The number of carbonyl (C=O) groups excluding carboxylic acids is 1. The Balaban J connectivity index is 2.01. The van der Waals surface area contributed by atoms with E-state index in [-0.39, 0.29) is 5.91 Å². The van der Waals surface area contributed by atoms with E-state index in [4.69, 9.17) is 17.0 Å². The molecule has 2 rings (SSSR count). The fraction of sp³-hybridized carbons (Fsp3) is 0.143. The molecule has 1 aliphatic rings. The second kappa shape index (κ2) is 6.54. The summed E-state index contributed by atoms with van der Waals surface area (Å²) >= 11 is 6.19. The average Bonchev–Trinajstić information content (AvgIpc) is 2.71. The normalized spacial score (nSPS) is 17.2. The molecule has 1 saturated heterocycles. The molecule has 0 unspecified atom stereocenters. The Labute approximate surface area is 121 Å². The minimum Gasteiger partial charge on any atom is -0.494 e. The summed E-state index contributed by atoms with van der Waals surface area (Å²) in [6, 6.07) is 7.77. The van der Waals surface area contributed by atoms with Gasteiger partial charge in [0.05, 0.1) is 11.5 Å². The molecular formula is C14H13NO2S2. The zero-order chi connectivity index (χ0) is 13.7. The van der Waals surface area contributed by atoms with Crippen LogP contribution in [-0.4, -0.2) is 16.8 Å². The predicted molar refractivity (Wildman–Crippen MR) is 83.1 cm³/mol. The number of thiocarbonyl (C=S) groups is 1. The standard InChI is InChI=1S/C14H13NO2S2/c1-2-17-11-8-6-10(7-9-11)4-3-5-12-13(16)15-14(18)19-12/h3-9H,2H2,1H3,(H,15,16,18). The molecule has 1 aliphatic heterocycles. The molecule has 0 spiro atoms. The average molecular weight is 291 g/mol. The van der Waals surface area contributed by atoms with Crippen LogP contribution in [0, 0.1) is 0 Å². The highest BCUT2D eigenvalue weighted by atomic mass is 32.2. The third-order valence-electron chi connectivity index (χ3n) is 2.37. The first-order valence-corrected chi connectivity index (χ1v) is 7.06. The van der Waals surface area contributed by atoms with E-state index >= 15 is 0 Å². The van der Waals surface area contributed by atoms with Crippen LogP contribution in [-0.2, 0) is 4.79 Å². The van der Waals surface area contributed by atoms with Gasteiger partial charge in [0.25, 0.3) is 5.91 Å². The summed E-state index contributed by atoms with van der Waals surface area (Å²) in [6.07, 6.45) is 5.53. The van der Waals surface area contributed by atoms with Crippen LogP contribution in [0.3, 0.4) is 0 Å². The van der Waals surface area contributed by atoms with Crippen molar-refractivity contribution >= 4 is 40.3 Å². The van der Waals surface area contributed by atoms with Crippen molar-refractivity contribution < 1.29 is 9.53 Å². The van der Waals surface area contributed by atoms with Gasteiger partial charge < -0.3 is 10.1 Å². The van der Waals surface area contributed by atoms with Gasteiger partial charge in [0.1, 0.15) is 10.1 Å². The Morgan fingerprint density at radius 3 is 2.68 bits per heavy atom. The Kier molecular flexibility index (Phi) is 4.76. The number of allylic oxidation sites excluding steroid dienone is 2. The van der Waals surface area contributed by atoms with Crippen LogP contribution in [0.4, 0.5) is 0 Å². The van der Waals surface area contributed by atoms with E-state index in [9.17, 15) is 4.79 Å². The molecule has 1 amide bonds. The highest BCUT2D eigenvalue weighted by Crippen LogP contribution is 2.23. The largest absolute Gasteiger partial charge is 0.494 e. The maximum absolute atomic E-state index is 11.4. The quantitative estimate of drug-likeness (QED) is 0.683. The van der Waals surface area contributed by atoms with Crippen molar-refractivity contribution in [2.75, 3.05) is 6.61 Å². The lowest BCUT2D eigenvalue weighted by Gasteiger charge is -2.01. The Morgan fingerprint density at radius 2 is 2.11 bits per heavy atom. The monoisotopic (exact) mass is 291 g/mol. The lowest BCUT2D eigenvalue weighted by atomic mass is 10.2. The molecule has 19 heavy (non-hydrogen) atoms. The lowest BCUT2D eigenvalue weighted by molar-refractivity contribution is -0.115. The summed E-state index contributed by atoms with van der Waals surface area (Å²) in [5.74, 6) is 0.723. The molecule has 1 aromatic carbocycles. The minimum absolute atomic E-state index is 0.133. The predicted octanol–water partition coefficient (Wildman–Crippen LogP) is 3.13. The molecule has 0 aliphatic carbocycles. The van der Waals surface area contributed by atoms with E-state index < -0.39 is 0 Å². The third kappa shape index (κ3) is 3.94. The zero-order valence-corrected chi connectivity index (χ0v) is 12.0. The summed E-state index contributed by atoms with van der Waals surface area (Å²) in [5, 5.41) is 2.57. The van der Waals surface area contributed by atoms with Gasteiger partial charge in [-0.3, -0.25) is 4.79 Å². The first-order chi connectivity index (χ1) is 9.19. The SMILES string of the molecule is CCOc1ccc(C=CC=C2SC(=S)NC2=O)cc1. The highest BCUT2D eigenvalue weighted by molar-refractivity contribution is 8.26. The van der Waals surface area contributed by atoms with Gasteiger partial charge in [-0.25, -0.2) is 0 Å². The number of hydrogen-bond donors (Lipinski definition) is 1. The van der Waals surface area contributed by atoms with Crippen LogP contribution in [0.5, 0.6) is 5.75 Å². The number of ether oxygens (including phenoxy) is 1. The molecule has 0 atom stereocenters. The van der Waals surface area contributed by atoms with Crippen LogP contribution < -0.4 is 10.1 Å². The maximum atomic E-state index is 11.4. The second-order valence-electron chi connectivity index (χ2n) is 3.74. The number of hydrogen-bond acceptors (Lipinski definition) is 4. The molecular weight excluding hydrogens is 278 g/mol. The van der Waals surface area contributed by atoms with Crippen molar-refractivity contribution in [2.24, 2.45) is 0 Å². The first-order valence-electron chi connectivity index (χ1n) is 5.83. The molecule has 1 fully saturated rings. The highest BCUT2D eigenvalue weighted by Gasteiger charge is 2.20. The molecule has 0 aromatic heterocycles. The molecule has 1 N–H and O–H groups in total. The van der Waals surface area contributed by atoms with E-state index in [1.54, 1.807) is 6.08 Å². The smallest absolute Gasteiger partial charge is 0.263 e. The minimum atomic E-state index is -0.133. The second-order valence-corrected chi connectivity index (χ2v) is 5.45. The summed E-state index contributed by atoms with van der Waals surface area (Å²) in [4.78, 5) is 12.0. The molecule has 0 bridgehead atoms. The fourth-order valence-electron chi connectivity index (χ4n) is 1.52. The van der Waals surface area contributed by atoms with Gasteiger partial charge in [-0.05, 0) is 30.7 Å². The van der Waals surface area contributed by atoms with Crippen LogP contribution in [0.2, 0.25) is 0 Å². The number of benzene rings is 1. The Morgan fingerprint density at radius 1 is 1.37 bits per heavy atom. The van der Waals surface area contributed by atoms with Gasteiger partial charge in [0, 0.05) is 0 Å². The van der Waals surface area contributed by atoms with Crippen LogP contribution in [0.15, 0.2) is 41.3 Å². The van der Waals surface area contributed by atoms with Crippen molar-refractivity contribution in [3.05, 3.63) is 46.9 Å².